The molecule has 4 rings (SSSR count). The molecule has 28 heavy (non-hydrogen) atoms. The quantitative estimate of drug-likeness (QED) is 0.759. The van der Waals surface area contributed by atoms with Crippen molar-refractivity contribution < 1.29 is 18.8 Å². The predicted octanol–water partition coefficient (Wildman–Crippen LogP) is 1.89. The Bertz CT molecular complexity index is 926. The smallest absolute Gasteiger partial charge is 0.260 e. The maximum atomic E-state index is 12.4. The maximum Gasteiger partial charge on any atom is 0.260 e. The molecule has 0 radical (unpaired) electrons. The lowest BCUT2D eigenvalue weighted by Gasteiger charge is -2.37. The van der Waals surface area contributed by atoms with Gasteiger partial charge in [0, 0.05) is 25.7 Å². The standard InChI is InChI=1S/C20H20N4O4/c1-27-15-7-4-13(5-8-15)6-9-17(25)24-11-14(12-24)20-22-18(23-28-20)16-3-2-10-21-19(16)26/h2-5,7-8,10,14,16H,6,9,11-12H2,1H3. The van der Waals surface area contributed by atoms with Gasteiger partial charge >= 0.3 is 0 Å². The van der Waals surface area contributed by atoms with Crippen LogP contribution >= 0.6 is 0 Å². The SMILES string of the molecule is COc1ccc(CCC(=O)N2CC(c3nc(C4C=CC=NC4=O)no3)C2)cc1. The van der Waals surface area contributed by atoms with Crippen LogP contribution in [0.5, 0.6) is 5.75 Å². The van der Waals surface area contributed by atoms with E-state index in [1.54, 1.807) is 24.2 Å². The molecule has 2 aliphatic rings. The Labute approximate surface area is 161 Å². The summed E-state index contributed by atoms with van der Waals surface area (Å²) in [5.41, 5.74) is 1.10. The normalized spacial score (nSPS) is 19.0. The van der Waals surface area contributed by atoms with Gasteiger partial charge < -0.3 is 14.2 Å². The van der Waals surface area contributed by atoms with Crippen molar-refractivity contribution in [1.29, 1.82) is 0 Å². The average molecular weight is 380 g/mol. The molecule has 144 valence electrons. The van der Waals surface area contributed by atoms with Crippen LogP contribution < -0.4 is 4.74 Å². The molecule has 8 heteroatoms. The lowest BCUT2D eigenvalue weighted by atomic mass is 9.98. The van der Waals surface area contributed by atoms with Gasteiger partial charge in [0.2, 0.25) is 11.8 Å². The van der Waals surface area contributed by atoms with E-state index in [0.29, 0.717) is 37.6 Å². The monoisotopic (exact) mass is 380 g/mol. The molecule has 8 nitrogen and oxygen atoms in total. The maximum absolute atomic E-state index is 12.4. The minimum absolute atomic E-state index is 0.0114. The van der Waals surface area contributed by atoms with Gasteiger partial charge in [0.25, 0.3) is 5.91 Å². The minimum atomic E-state index is -0.593. The fourth-order valence-electron chi connectivity index (χ4n) is 3.22. The zero-order valence-electron chi connectivity index (χ0n) is 15.4. The van der Waals surface area contributed by atoms with Crippen molar-refractivity contribution in [3.63, 3.8) is 0 Å². The second kappa shape index (κ2) is 7.75. The van der Waals surface area contributed by atoms with Crippen LogP contribution in [0.2, 0.25) is 0 Å². The fraction of sp³-hybridized carbons (Fsp3) is 0.350. The molecule has 2 aromatic rings. The lowest BCUT2D eigenvalue weighted by Crippen LogP contribution is -2.48. The number of dihydropyridines is 1. The third-order valence-electron chi connectivity index (χ3n) is 4.96. The van der Waals surface area contributed by atoms with Crippen LogP contribution in [0.4, 0.5) is 0 Å². The number of methoxy groups -OCH3 is 1. The third-order valence-corrected chi connectivity index (χ3v) is 4.96. The summed E-state index contributed by atoms with van der Waals surface area (Å²) >= 11 is 0. The van der Waals surface area contributed by atoms with E-state index < -0.39 is 5.92 Å². The van der Waals surface area contributed by atoms with Crippen molar-refractivity contribution in [2.24, 2.45) is 4.99 Å². The van der Waals surface area contributed by atoms with Gasteiger partial charge in [0.15, 0.2) is 5.82 Å². The molecule has 0 aliphatic carbocycles. The number of aliphatic imine (C=N–C) groups is 1. The summed E-state index contributed by atoms with van der Waals surface area (Å²) in [4.78, 5) is 34.0. The van der Waals surface area contributed by atoms with Crippen LogP contribution in [0.25, 0.3) is 0 Å². The van der Waals surface area contributed by atoms with E-state index in [0.717, 1.165) is 11.3 Å². The van der Waals surface area contributed by atoms with E-state index >= 15 is 0 Å². The number of rotatable bonds is 6. The van der Waals surface area contributed by atoms with Crippen LogP contribution in [0.15, 0.2) is 45.9 Å². The highest BCUT2D eigenvalue weighted by molar-refractivity contribution is 5.96. The number of nitrogens with zero attached hydrogens (tertiary/aromatic N) is 4. The number of aryl methyl sites for hydroxylation is 1. The highest BCUT2D eigenvalue weighted by Crippen LogP contribution is 2.28. The summed E-state index contributed by atoms with van der Waals surface area (Å²) in [6.07, 6.45) is 5.97. The molecule has 0 N–H and O–H groups in total. The number of hydrogen-bond acceptors (Lipinski definition) is 6. The van der Waals surface area contributed by atoms with E-state index in [1.165, 1.54) is 6.21 Å². The van der Waals surface area contributed by atoms with Crippen molar-refractivity contribution in [3.05, 3.63) is 53.7 Å². The zero-order valence-corrected chi connectivity index (χ0v) is 15.4. The first-order valence-corrected chi connectivity index (χ1v) is 9.13. The van der Waals surface area contributed by atoms with Gasteiger partial charge in [-0.3, -0.25) is 9.59 Å². The molecule has 2 amide bonds. The molecule has 1 aromatic carbocycles. The first kappa shape index (κ1) is 18.1. The largest absolute Gasteiger partial charge is 0.497 e. The molecule has 0 saturated carbocycles. The number of ether oxygens (including phenoxy) is 1. The van der Waals surface area contributed by atoms with Crippen molar-refractivity contribution >= 4 is 18.0 Å². The van der Waals surface area contributed by atoms with Crippen LogP contribution in [0, 0.1) is 0 Å². The highest BCUT2D eigenvalue weighted by atomic mass is 16.5. The van der Waals surface area contributed by atoms with Crippen LogP contribution in [-0.2, 0) is 16.0 Å². The Hall–Kier alpha value is -3.29. The van der Waals surface area contributed by atoms with E-state index in [9.17, 15) is 9.59 Å². The Morgan fingerprint density at radius 1 is 1.29 bits per heavy atom. The molecule has 1 fully saturated rings. The summed E-state index contributed by atoms with van der Waals surface area (Å²) in [7, 11) is 1.63. The number of benzene rings is 1. The van der Waals surface area contributed by atoms with Crippen LogP contribution in [0.3, 0.4) is 0 Å². The van der Waals surface area contributed by atoms with E-state index in [4.69, 9.17) is 9.26 Å². The summed E-state index contributed by atoms with van der Waals surface area (Å²) in [6.45, 7) is 1.10. The van der Waals surface area contributed by atoms with Gasteiger partial charge in [-0.25, -0.2) is 4.99 Å². The fourth-order valence-corrected chi connectivity index (χ4v) is 3.22. The third kappa shape index (κ3) is 3.71. The van der Waals surface area contributed by atoms with E-state index in [1.807, 2.05) is 24.3 Å². The molecule has 2 aliphatic heterocycles. The molecular weight excluding hydrogens is 360 g/mol. The Morgan fingerprint density at radius 2 is 2.07 bits per heavy atom. The molecule has 1 unspecified atom stereocenters. The number of allylic oxidation sites excluding steroid dienone is 1. The van der Waals surface area contributed by atoms with Gasteiger partial charge in [-0.1, -0.05) is 23.4 Å². The average Bonchev–Trinajstić information content (AvgIpc) is 3.15. The van der Waals surface area contributed by atoms with Crippen LogP contribution in [-0.4, -0.2) is 53.3 Å². The summed E-state index contributed by atoms with van der Waals surface area (Å²) < 4.78 is 10.4. The summed E-state index contributed by atoms with van der Waals surface area (Å²) in [5.74, 6) is 0.798. The topological polar surface area (TPSA) is 97.9 Å². The molecule has 1 atom stereocenters. The van der Waals surface area contributed by atoms with Gasteiger partial charge in [-0.2, -0.15) is 4.98 Å². The van der Waals surface area contributed by atoms with Gasteiger partial charge in [0.05, 0.1) is 13.0 Å². The first-order chi connectivity index (χ1) is 13.6. The highest BCUT2D eigenvalue weighted by Gasteiger charge is 2.36. The predicted molar refractivity (Wildman–Crippen MR) is 100 cm³/mol. The molecular formula is C20H20N4O4. The van der Waals surface area contributed by atoms with Crippen molar-refractivity contribution in [3.8, 4) is 5.75 Å². The second-order valence-corrected chi connectivity index (χ2v) is 6.81. The first-order valence-electron chi connectivity index (χ1n) is 9.13. The molecule has 3 heterocycles. The Kier molecular flexibility index (Phi) is 5.01. The van der Waals surface area contributed by atoms with Crippen molar-refractivity contribution in [2.45, 2.75) is 24.7 Å². The number of likely N-dealkylation sites (tertiary alicyclic amines) is 1. The number of aromatic nitrogens is 2. The Morgan fingerprint density at radius 3 is 2.79 bits per heavy atom. The number of hydrogen-bond donors (Lipinski definition) is 0. The van der Waals surface area contributed by atoms with Crippen molar-refractivity contribution in [2.75, 3.05) is 20.2 Å². The van der Waals surface area contributed by atoms with Crippen LogP contribution in [0.1, 0.15) is 35.5 Å². The zero-order chi connectivity index (χ0) is 19.5. The molecule has 1 saturated heterocycles. The van der Waals surface area contributed by atoms with Gasteiger partial charge in [-0.15, -0.1) is 0 Å². The summed E-state index contributed by atoms with van der Waals surface area (Å²) in [5, 5.41) is 3.91. The minimum Gasteiger partial charge on any atom is -0.497 e. The number of carbonyl (C=O) groups is 2. The lowest BCUT2D eigenvalue weighted by molar-refractivity contribution is -0.136. The Balaban J connectivity index is 1.27. The van der Waals surface area contributed by atoms with Gasteiger partial charge in [-0.05, 0) is 30.2 Å². The van der Waals surface area contributed by atoms with Gasteiger partial charge in [0.1, 0.15) is 11.7 Å². The van der Waals surface area contributed by atoms with Crippen molar-refractivity contribution in [1.82, 2.24) is 15.0 Å². The second-order valence-electron chi connectivity index (χ2n) is 6.81. The molecule has 0 spiro atoms. The van der Waals surface area contributed by atoms with E-state index in [-0.39, 0.29) is 17.7 Å². The van der Waals surface area contributed by atoms with E-state index in [2.05, 4.69) is 15.1 Å². The summed E-state index contributed by atoms with van der Waals surface area (Å²) in [6, 6.07) is 7.72. The number of carbonyl (C=O) groups excluding carboxylic acids is 2. The number of amides is 2. The molecule has 0 bridgehead atoms. The molecule has 1 aromatic heterocycles.